The van der Waals surface area contributed by atoms with Gasteiger partial charge in [-0.25, -0.2) is 4.99 Å². The third-order valence-electron chi connectivity index (χ3n) is 6.98. The number of rotatable bonds is 11. The fourth-order valence-corrected chi connectivity index (χ4v) is 5.21. The highest BCUT2D eigenvalue weighted by atomic mass is 79.9. The van der Waals surface area contributed by atoms with Crippen LogP contribution in [0.2, 0.25) is 0 Å². The Labute approximate surface area is 242 Å². The van der Waals surface area contributed by atoms with Crippen molar-refractivity contribution in [2.45, 2.75) is 31.0 Å². The quantitative estimate of drug-likeness (QED) is 0.152. The van der Waals surface area contributed by atoms with Gasteiger partial charge in [0, 0.05) is 36.0 Å². The van der Waals surface area contributed by atoms with E-state index in [0.29, 0.717) is 37.6 Å². The number of hydrogen-bond acceptors (Lipinski definition) is 5. The molecule has 0 saturated heterocycles. The number of nitrogens with zero attached hydrogens (tertiary/aromatic N) is 1. The molecule has 2 atom stereocenters. The number of nitrogens with one attached hydrogen (secondary N) is 1. The highest BCUT2D eigenvalue weighted by Gasteiger charge is 2.52. The van der Waals surface area contributed by atoms with E-state index in [2.05, 4.69) is 46.0 Å². The van der Waals surface area contributed by atoms with E-state index in [0.717, 1.165) is 31.9 Å². The van der Waals surface area contributed by atoms with Crippen molar-refractivity contribution in [2.24, 2.45) is 4.99 Å². The lowest BCUT2D eigenvalue weighted by atomic mass is 9.84. The minimum Gasteiger partial charge on any atom is -0.494 e. The molecule has 204 valence electrons. The SMILES string of the molecule is C=CC[C@@]1(C(=O)NCc2cccc3ccccc23)N=C(c2ccc(OCCCO)cc2)O[C@@H]1c1ccc(Br)cc1. The number of carbonyl (C=O) groups is 1. The van der Waals surface area contributed by atoms with Gasteiger partial charge < -0.3 is 19.9 Å². The monoisotopic (exact) mass is 598 g/mol. The Morgan fingerprint density at radius 1 is 1.05 bits per heavy atom. The first kappa shape index (κ1) is 27.6. The highest BCUT2D eigenvalue weighted by molar-refractivity contribution is 9.10. The Kier molecular flexibility index (Phi) is 8.63. The summed E-state index contributed by atoms with van der Waals surface area (Å²) in [6, 6.07) is 29.4. The normalized spacial score (nSPS) is 18.1. The second-order valence-electron chi connectivity index (χ2n) is 9.65. The average Bonchev–Trinajstić information content (AvgIpc) is 3.37. The van der Waals surface area contributed by atoms with Crippen LogP contribution in [0.5, 0.6) is 5.75 Å². The van der Waals surface area contributed by atoms with E-state index < -0.39 is 11.6 Å². The number of hydrogen-bond donors (Lipinski definition) is 2. The number of fused-ring (bicyclic) bond motifs is 1. The molecule has 0 aromatic heterocycles. The molecule has 7 heteroatoms. The maximum absolute atomic E-state index is 14.1. The molecule has 1 amide bonds. The summed E-state index contributed by atoms with van der Waals surface area (Å²) in [6.07, 6.45) is 1.92. The summed E-state index contributed by atoms with van der Waals surface area (Å²) >= 11 is 3.50. The smallest absolute Gasteiger partial charge is 0.252 e. The fraction of sp³-hybridized carbons (Fsp3) is 0.212. The number of carbonyl (C=O) groups excluding carboxylic acids is 1. The number of ether oxygens (including phenoxy) is 2. The third kappa shape index (κ3) is 5.81. The summed E-state index contributed by atoms with van der Waals surface area (Å²) < 4.78 is 13.1. The topological polar surface area (TPSA) is 80.2 Å². The van der Waals surface area contributed by atoms with Gasteiger partial charge in [-0.05, 0) is 58.3 Å². The van der Waals surface area contributed by atoms with Gasteiger partial charge in [-0.3, -0.25) is 4.79 Å². The van der Waals surface area contributed by atoms with Crippen LogP contribution in [0.4, 0.5) is 0 Å². The van der Waals surface area contributed by atoms with Crippen LogP contribution in [0.3, 0.4) is 0 Å². The number of aliphatic hydroxyl groups excluding tert-OH is 1. The molecule has 2 N–H and O–H groups in total. The first-order valence-corrected chi connectivity index (χ1v) is 14.1. The Bertz CT molecular complexity index is 1510. The molecule has 0 saturated carbocycles. The van der Waals surface area contributed by atoms with Crippen molar-refractivity contribution in [3.8, 4) is 5.75 Å². The summed E-state index contributed by atoms with van der Waals surface area (Å²) in [7, 11) is 0. The third-order valence-corrected chi connectivity index (χ3v) is 7.51. The molecule has 5 rings (SSSR count). The van der Waals surface area contributed by atoms with E-state index in [4.69, 9.17) is 19.6 Å². The zero-order valence-electron chi connectivity index (χ0n) is 22.1. The maximum atomic E-state index is 14.1. The summed E-state index contributed by atoms with van der Waals surface area (Å²) in [4.78, 5) is 19.1. The van der Waals surface area contributed by atoms with Crippen LogP contribution < -0.4 is 10.1 Å². The first-order valence-electron chi connectivity index (χ1n) is 13.3. The van der Waals surface area contributed by atoms with Gasteiger partial charge in [0.25, 0.3) is 5.91 Å². The van der Waals surface area contributed by atoms with Gasteiger partial charge in [0.1, 0.15) is 5.75 Å². The van der Waals surface area contributed by atoms with Crippen molar-refractivity contribution in [1.82, 2.24) is 5.32 Å². The van der Waals surface area contributed by atoms with Crippen molar-refractivity contribution in [3.05, 3.63) is 125 Å². The van der Waals surface area contributed by atoms with E-state index in [1.54, 1.807) is 6.08 Å². The molecule has 0 radical (unpaired) electrons. The molecule has 40 heavy (non-hydrogen) atoms. The largest absolute Gasteiger partial charge is 0.494 e. The lowest BCUT2D eigenvalue weighted by Gasteiger charge is -2.29. The first-order chi connectivity index (χ1) is 19.5. The van der Waals surface area contributed by atoms with Crippen molar-refractivity contribution in [2.75, 3.05) is 13.2 Å². The van der Waals surface area contributed by atoms with Gasteiger partial charge in [-0.1, -0.05) is 76.6 Å². The van der Waals surface area contributed by atoms with Gasteiger partial charge in [0.2, 0.25) is 5.90 Å². The van der Waals surface area contributed by atoms with Crippen LogP contribution in [0, 0.1) is 0 Å². The lowest BCUT2D eigenvalue weighted by molar-refractivity contribution is -0.129. The molecule has 6 nitrogen and oxygen atoms in total. The zero-order chi connectivity index (χ0) is 28.0. The molecule has 0 spiro atoms. The number of aliphatic hydroxyl groups is 1. The van der Waals surface area contributed by atoms with E-state index in [-0.39, 0.29) is 12.5 Å². The molecule has 1 aliphatic rings. The summed E-state index contributed by atoms with van der Waals surface area (Å²) in [5.74, 6) is 0.842. The van der Waals surface area contributed by atoms with E-state index in [1.165, 1.54) is 0 Å². The standard InChI is InChI=1S/C33H31BrN2O4/c1-2-19-33(32(38)35-22-26-9-5-8-23-7-3-4-10-29(23)26)30(24-11-15-27(34)16-12-24)40-31(36-33)25-13-17-28(18-14-25)39-21-6-20-37/h2-5,7-18,30,37H,1,6,19-22H2,(H,35,38)/t30-,33-/m1/s1. The Hall–Kier alpha value is -3.94. The lowest BCUT2D eigenvalue weighted by Crippen LogP contribution is -2.47. The van der Waals surface area contributed by atoms with Gasteiger partial charge >= 0.3 is 0 Å². The Morgan fingerprint density at radius 3 is 2.55 bits per heavy atom. The molecular weight excluding hydrogens is 568 g/mol. The number of amides is 1. The molecule has 0 aliphatic carbocycles. The van der Waals surface area contributed by atoms with Crippen molar-refractivity contribution < 1.29 is 19.4 Å². The van der Waals surface area contributed by atoms with Crippen LogP contribution in [0.1, 0.15) is 35.6 Å². The Balaban J connectivity index is 1.47. The molecule has 0 fully saturated rings. The minimum absolute atomic E-state index is 0.0775. The van der Waals surface area contributed by atoms with Crippen LogP contribution >= 0.6 is 15.9 Å². The summed E-state index contributed by atoms with van der Waals surface area (Å²) in [6.45, 7) is 4.82. The second-order valence-corrected chi connectivity index (χ2v) is 10.6. The second kappa shape index (κ2) is 12.5. The predicted octanol–water partition coefficient (Wildman–Crippen LogP) is 6.51. The summed E-state index contributed by atoms with van der Waals surface area (Å²) in [5, 5.41) is 14.4. The minimum atomic E-state index is -1.24. The van der Waals surface area contributed by atoms with Crippen LogP contribution in [-0.2, 0) is 16.1 Å². The number of aliphatic imine (C=N–C) groups is 1. The summed E-state index contributed by atoms with van der Waals surface area (Å²) in [5.41, 5.74) is 1.36. The number of halogens is 1. The van der Waals surface area contributed by atoms with Crippen LogP contribution in [-0.4, -0.2) is 35.7 Å². The maximum Gasteiger partial charge on any atom is 0.252 e. The van der Waals surface area contributed by atoms with Crippen molar-refractivity contribution in [3.63, 3.8) is 0 Å². The number of benzene rings is 4. The van der Waals surface area contributed by atoms with E-state index >= 15 is 0 Å². The molecule has 4 aromatic rings. The highest BCUT2D eigenvalue weighted by Crippen LogP contribution is 2.43. The molecular formula is C33H31BrN2O4. The van der Waals surface area contributed by atoms with Crippen LogP contribution in [0.25, 0.3) is 10.8 Å². The van der Waals surface area contributed by atoms with Gasteiger partial charge in [-0.15, -0.1) is 6.58 Å². The molecule has 0 unspecified atom stereocenters. The molecule has 4 aromatic carbocycles. The van der Waals surface area contributed by atoms with Crippen LogP contribution in [0.15, 0.2) is 113 Å². The van der Waals surface area contributed by atoms with E-state index in [1.807, 2.05) is 72.8 Å². The Morgan fingerprint density at radius 2 is 1.80 bits per heavy atom. The van der Waals surface area contributed by atoms with E-state index in [9.17, 15) is 4.79 Å². The van der Waals surface area contributed by atoms with Gasteiger partial charge in [0.15, 0.2) is 11.6 Å². The molecule has 0 bridgehead atoms. The van der Waals surface area contributed by atoms with Gasteiger partial charge in [-0.2, -0.15) is 0 Å². The predicted molar refractivity (Wildman–Crippen MR) is 161 cm³/mol. The fourth-order valence-electron chi connectivity index (χ4n) is 4.95. The van der Waals surface area contributed by atoms with Crippen molar-refractivity contribution >= 4 is 38.5 Å². The molecule has 1 heterocycles. The van der Waals surface area contributed by atoms with Gasteiger partial charge in [0.05, 0.1) is 6.61 Å². The average molecular weight is 600 g/mol. The van der Waals surface area contributed by atoms with Crippen molar-refractivity contribution in [1.29, 1.82) is 0 Å². The molecule has 1 aliphatic heterocycles. The zero-order valence-corrected chi connectivity index (χ0v) is 23.6.